The fourth-order valence-electron chi connectivity index (χ4n) is 3.32. The number of nitrogens with zero attached hydrogens (tertiary/aromatic N) is 2. The summed E-state index contributed by atoms with van der Waals surface area (Å²) in [6.45, 7) is 3.91. The highest BCUT2D eigenvalue weighted by Crippen LogP contribution is 2.32. The SMILES string of the molecule is Cc1cc(N=C2NC(=O)/C(=C/[C@H]3C(=O)NC(=S)N(c4ccc(Cl)cc4)C3=O)S2)cc(C)c1Br. The molecular weight excluding hydrogens is 548 g/mol. The first-order valence-electron chi connectivity index (χ1n) is 9.65. The van der Waals surface area contributed by atoms with Crippen LogP contribution in [0.2, 0.25) is 5.02 Å². The first-order chi connectivity index (χ1) is 15.6. The fourth-order valence-corrected chi connectivity index (χ4v) is 4.83. The Bertz CT molecular complexity index is 1250. The van der Waals surface area contributed by atoms with Crippen molar-refractivity contribution in [3.63, 3.8) is 0 Å². The number of carbonyl (C=O) groups is 3. The predicted molar refractivity (Wildman–Crippen MR) is 138 cm³/mol. The molecule has 2 fully saturated rings. The normalized spacial score (nSPS) is 21.1. The molecule has 0 unspecified atom stereocenters. The van der Waals surface area contributed by atoms with Gasteiger partial charge in [0.2, 0.25) is 11.8 Å². The van der Waals surface area contributed by atoms with Crippen molar-refractivity contribution in [2.75, 3.05) is 4.90 Å². The Labute approximate surface area is 212 Å². The van der Waals surface area contributed by atoms with E-state index in [1.54, 1.807) is 24.3 Å². The second-order valence-corrected chi connectivity index (χ2v) is 9.97. The molecule has 0 saturated carbocycles. The minimum atomic E-state index is -1.22. The zero-order valence-corrected chi connectivity index (χ0v) is 21.3. The van der Waals surface area contributed by atoms with Crippen LogP contribution in [0.4, 0.5) is 11.4 Å². The highest BCUT2D eigenvalue weighted by Gasteiger charge is 2.39. The number of halogens is 2. The van der Waals surface area contributed by atoms with E-state index in [9.17, 15) is 14.4 Å². The molecule has 2 N–H and O–H groups in total. The van der Waals surface area contributed by atoms with Crippen molar-refractivity contribution in [2.24, 2.45) is 10.9 Å². The van der Waals surface area contributed by atoms with Crippen LogP contribution in [0.1, 0.15) is 11.1 Å². The molecule has 2 aromatic rings. The Kier molecular flexibility index (Phi) is 6.71. The molecule has 7 nitrogen and oxygen atoms in total. The summed E-state index contributed by atoms with van der Waals surface area (Å²) in [4.78, 5) is 44.1. The molecule has 0 spiro atoms. The highest BCUT2D eigenvalue weighted by molar-refractivity contribution is 9.10. The van der Waals surface area contributed by atoms with Crippen molar-refractivity contribution in [1.82, 2.24) is 10.6 Å². The van der Waals surface area contributed by atoms with Crippen LogP contribution in [0, 0.1) is 19.8 Å². The lowest BCUT2D eigenvalue weighted by Crippen LogP contribution is -2.57. The Morgan fingerprint density at radius 3 is 2.39 bits per heavy atom. The maximum atomic E-state index is 13.1. The van der Waals surface area contributed by atoms with Crippen LogP contribution in [0.3, 0.4) is 0 Å². The van der Waals surface area contributed by atoms with Crippen LogP contribution < -0.4 is 15.5 Å². The molecule has 11 heteroatoms. The molecular formula is C22H16BrClN4O3S2. The van der Waals surface area contributed by atoms with Crippen LogP contribution in [0.25, 0.3) is 0 Å². The van der Waals surface area contributed by atoms with Gasteiger partial charge in [-0.2, -0.15) is 0 Å². The van der Waals surface area contributed by atoms with Gasteiger partial charge in [-0.1, -0.05) is 27.5 Å². The third-order valence-electron chi connectivity index (χ3n) is 4.91. The molecule has 0 bridgehead atoms. The fraction of sp³-hybridized carbons (Fsp3) is 0.136. The van der Waals surface area contributed by atoms with Crippen molar-refractivity contribution >= 4 is 90.9 Å². The van der Waals surface area contributed by atoms with Crippen LogP contribution >= 0.6 is 51.5 Å². The average molecular weight is 564 g/mol. The molecule has 0 aliphatic carbocycles. The number of carbonyl (C=O) groups excluding carboxylic acids is 3. The van der Waals surface area contributed by atoms with Crippen molar-refractivity contribution in [3.05, 3.63) is 68.0 Å². The van der Waals surface area contributed by atoms with Gasteiger partial charge in [0, 0.05) is 9.50 Å². The summed E-state index contributed by atoms with van der Waals surface area (Å²) >= 11 is 15.7. The van der Waals surface area contributed by atoms with Gasteiger partial charge in [-0.05, 0) is 91.4 Å². The van der Waals surface area contributed by atoms with Gasteiger partial charge in [-0.25, -0.2) is 4.99 Å². The summed E-state index contributed by atoms with van der Waals surface area (Å²) in [5, 5.41) is 6.03. The summed E-state index contributed by atoms with van der Waals surface area (Å²) in [6.07, 6.45) is 1.34. The summed E-state index contributed by atoms with van der Waals surface area (Å²) in [5.74, 6) is -2.81. The third-order valence-corrected chi connectivity index (χ3v) is 7.62. The predicted octanol–water partition coefficient (Wildman–Crippen LogP) is 4.52. The van der Waals surface area contributed by atoms with E-state index in [4.69, 9.17) is 23.8 Å². The number of amides is 3. The summed E-state index contributed by atoms with van der Waals surface area (Å²) < 4.78 is 1.00. The van der Waals surface area contributed by atoms with Crippen LogP contribution in [-0.4, -0.2) is 28.0 Å². The molecule has 2 saturated heterocycles. The molecule has 168 valence electrons. The van der Waals surface area contributed by atoms with E-state index in [2.05, 4.69) is 31.6 Å². The summed E-state index contributed by atoms with van der Waals surface area (Å²) in [6, 6.07) is 10.3. The third kappa shape index (κ3) is 4.89. The maximum absolute atomic E-state index is 13.1. The second kappa shape index (κ2) is 9.38. The van der Waals surface area contributed by atoms with Gasteiger partial charge in [0.05, 0.1) is 16.3 Å². The molecule has 3 amide bonds. The quantitative estimate of drug-likeness (QED) is 0.326. The lowest BCUT2D eigenvalue weighted by Gasteiger charge is -2.31. The molecule has 2 aromatic carbocycles. The lowest BCUT2D eigenvalue weighted by atomic mass is 10.0. The minimum absolute atomic E-state index is 0.0336. The van der Waals surface area contributed by atoms with Crippen molar-refractivity contribution in [2.45, 2.75) is 13.8 Å². The van der Waals surface area contributed by atoms with Gasteiger partial charge in [0.25, 0.3) is 5.91 Å². The average Bonchev–Trinajstić information content (AvgIpc) is 3.09. The van der Waals surface area contributed by atoms with E-state index in [0.29, 0.717) is 21.6 Å². The minimum Gasteiger partial charge on any atom is -0.301 e. The zero-order valence-electron chi connectivity index (χ0n) is 17.3. The molecule has 2 aliphatic heterocycles. The van der Waals surface area contributed by atoms with Crippen LogP contribution in [0.5, 0.6) is 0 Å². The van der Waals surface area contributed by atoms with Gasteiger partial charge in [-0.15, -0.1) is 0 Å². The van der Waals surface area contributed by atoms with Crippen molar-refractivity contribution in [3.8, 4) is 0 Å². The molecule has 2 heterocycles. The van der Waals surface area contributed by atoms with E-state index in [1.165, 1.54) is 11.0 Å². The monoisotopic (exact) mass is 562 g/mol. The first-order valence-corrected chi connectivity index (χ1v) is 12.0. The Morgan fingerprint density at radius 1 is 1.12 bits per heavy atom. The second-order valence-electron chi connectivity index (χ2n) is 7.32. The number of aliphatic imine (C=N–C) groups is 1. The number of rotatable bonds is 3. The first kappa shape index (κ1) is 23.6. The number of thioether (sulfide) groups is 1. The number of hydrogen-bond donors (Lipinski definition) is 2. The van der Waals surface area contributed by atoms with Gasteiger partial charge >= 0.3 is 0 Å². The number of aryl methyl sites for hydroxylation is 2. The van der Waals surface area contributed by atoms with Crippen LogP contribution in [0.15, 0.2) is 56.8 Å². The number of amidine groups is 1. The van der Waals surface area contributed by atoms with Gasteiger partial charge in [0.1, 0.15) is 5.92 Å². The van der Waals surface area contributed by atoms with E-state index in [0.717, 1.165) is 27.4 Å². The van der Waals surface area contributed by atoms with Gasteiger partial charge in [-0.3, -0.25) is 19.3 Å². The largest absolute Gasteiger partial charge is 0.301 e. The molecule has 0 radical (unpaired) electrons. The molecule has 2 aliphatic rings. The molecule has 4 rings (SSSR count). The van der Waals surface area contributed by atoms with Crippen molar-refractivity contribution in [1.29, 1.82) is 0 Å². The smallest absolute Gasteiger partial charge is 0.263 e. The van der Waals surface area contributed by atoms with Gasteiger partial charge in [0.15, 0.2) is 10.3 Å². The zero-order chi connectivity index (χ0) is 23.9. The topological polar surface area (TPSA) is 90.9 Å². The molecule has 1 atom stereocenters. The number of hydrogen-bond acceptors (Lipinski definition) is 6. The number of anilines is 1. The summed E-state index contributed by atoms with van der Waals surface area (Å²) in [7, 11) is 0. The van der Waals surface area contributed by atoms with Gasteiger partial charge < -0.3 is 10.6 Å². The highest BCUT2D eigenvalue weighted by atomic mass is 79.9. The number of benzene rings is 2. The maximum Gasteiger partial charge on any atom is 0.263 e. The van der Waals surface area contributed by atoms with E-state index in [-0.39, 0.29) is 10.0 Å². The van der Waals surface area contributed by atoms with E-state index < -0.39 is 23.6 Å². The Morgan fingerprint density at radius 2 is 1.76 bits per heavy atom. The standard InChI is InChI=1S/C22H16BrClN4O3S2/c1-10-7-13(8-11(2)17(10)23)25-21-26-19(30)16(33-21)9-15-18(29)27-22(32)28(20(15)31)14-5-3-12(24)4-6-14/h3-9,15H,1-2H3,(H,25,26,30)(H,27,29,32)/b16-9-/t15-/m0/s1. The van der Waals surface area contributed by atoms with Crippen LogP contribution in [-0.2, 0) is 14.4 Å². The summed E-state index contributed by atoms with van der Waals surface area (Å²) in [5.41, 5.74) is 3.18. The molecule has 0 aromatic heterocycles. The van der Waals surface area contributed by atoms with E-state index in [1.807, 2.05) is 26.0 Å². The number of thiocarbonyl (C=S) groups is 1. The van der Waals surface area contributed by atoms with E-state index >= 15 is 0 Å². The molecule has 33 heavy (non-hydrogen) atoms. The number of nitrogens with one attached hydrogen (secondary N) is 2. The Balaban J connectivity index is 1.60. The Hall–Kier alpha value is -2.53. The lowest BCUT2D eigenvalue weighted by molar-refractivity contribution is -0.131. The van der Waals surface area contributed by atoms with Crippen molar-refractivity contribution < 1.29 is 14.4 Å².